The zero-order chi connectivity index (χ0) is 25.9. The molecule has 4 heterocycles. The highest BCUT2D eigenvalue weighted by Gasteiger charge is 2.52. The summed E-state index contributed by atoms with van der Waals surface area (Å²) in [6.45, 7) is 1.98. The first kappa shape index (κ1) is 23.9. The average Bonchev–Trinajstić information content (AvgIpc) is 3.70. The van der Waals surface area contributed by atoms with Crippen molar-refractivity contribution in [3.8, 4) is 28.4 Å². The van der Waals surface area contributed by atoms with Crippen LogP contribution in [0.3, 0.4) is 0 Å². The van der Waals surface area contributed by atoms with Crippen LogP contribution in [0.5, 0.6) is 5.75 Å². The van der Waals surface area contributed by atoms with Crippen molar-refractivity contribution in [2.45, 2.75) is 75.3 Å². The quantitative estimate of drug-likeness (QED) is 0.540. The van der Waals surface area contributed by atoms with Crippen LogP contribution in [0.2, 0.25) is 0 Å². The normalized spacial score (nSPS) is 27.2. The van der Waals surface area contributed by atoms with E-state index in [4.69, 9.17) is 0 Å². The summed E-state index contributed by atoms with van der Waals surface area (Å²) in [6.07, 6.45) is 7.17. The Morgan fingerprint density at radius 2 is 2.05 bits per heavy atom. The molecule has 9 nitrogen and oxygen atoms in total. The van der Waals surface area contributed by atoms with Gasteiger partial charge in [0.25, 0.3) is 0 Å². The van der Waals surface area contributed by atoms with Crippen LogP contribution in [-0.4, -0.2) is 59.7 Å². The zero-order valence-corrected chi connectivity index (χ0v) is 20.7. The molecular formula is C26H29F2N7O2. The Bertz CT molecular complexity index is 1390. The van der Waals surface area contributed by atoms with Gasteiger partial charge in [0, 0.05) is 36.4 Å². The number of phenolic OH excluding ortho intramolecular Hbond substituents is 1. The molecule has 3 aromatic rings. The van der Waals surface area contributed by atoms with Crippen molar-refractivity contribution in [3.63, 3.8) is 0 Å². The molecule has 0 spiro atoms. The Labute approximate surface area is 212 Å². The average molecular weight is 510 g/mol. The number of aryl methyl sites for hydroxylation is 1. The molecule has 0 unspecified atom stereocenters. The Balaban J connectivity index is 1.28. The van der Waals surface area contributed by atoms with Crippen LogP contribution in [0.4, 0.5) is 14.6 Å². The molecule has 1 aliphatic carbocycles. The van der Waals surface area contributed by atoms with Crippen molar-refractivity contribution in [2.24, 2.45) is 7.05 Å². The van der Waals surface area contributed by atoms with Crippen LogP contribution in [0.25, 0.3) is 22.6 Å². The fraction of sp³-hybridized carbons (Fsp3) is 0.500. The van der Waals surface area contributed by atoms with Crippen molar-refractivity contribution in [2.75, 3.05) is 4.90 Å². The van der Waals surface area contributed by atoms with Crippen molar-refractivity contribution >= 4 is 5.82 Å². The third-order valence-corrected chi connectivity index (χ3v) is 7.92. The number of hydrogen-bond acceptors (Lipinski definition) is 8. The van der Waals surface area contributed by atoms with Gasteiger partial charge in [-0.3, -0.25) is 4.57 Å². The lowest BCUT2D eigenvalue weighted by molar-refractivity contribution is 0.0385. The smallest absolute Gasteiger partial charge is 0.348 e. The standard InChI is InChI=1S/C26H29F2N7O2/c1-26-9-3-4-15(31-26)11-19(23(26)28)35(16-6-7-16)21-12-29-24(33-32-21)17-8-5-14(10-20(17)36)22-18(27)13-34(2)25(37)30-22/h5,8,10,12-13,15-16,19,23,31,36H,3-4,6-7,9,11H2,1-2H3/t15-,19+,23+,26-/m0/s1. The number of aromatic hydroxyl groups is 1. The van der Waals surface area contributed by atoms with Gasteiger partial charge in [0.1, 0.15) is 17.6 Å². The molecule has 37 heavy (non-hydrogen) atoms. The number of benzene rings is 1. The number of nitrogens with zero attached hydrogens (tertiary/aromatic N) is 6. The molecule has 2 aliphatic heterocycles. The van der Waals surface area contributed by atoms with Crippen LogP contribution >= 0.6 is 0 Å². The number of anilines is 1. The van der Waals surface area contributed by atoms with E-state index in [1.807, 2.05) is 6.92 Å². The van der Waals surface area contributed by atoms with Crippen molar-refractivity contribution in [1.29, 1.82) is 0 Å². The van der Waals surface area contributed by atoms with Gasteiger partial charge in [0.15, 0.2) is 17.5 Å². The van der Waals surface area contributed by atoms with E-state index in [0.29, 0.717) is 17.8 Å². The number of alkyl halides is 1. The predicted octanol–water partition coefficient (Wildman–Crippen LogP) is 3.12. The number of rotatable bonds is 5. The Hall–Kier alpha value is -3.47. The van der Waals surface area contributed by atoms with Gasteiger partial charge in [0.2, 0.25) is 0 Å². The molecule has 6 rings (SSSR count). The molecule has 3 aliphatic rings. The van der Waals surface area contributed by atoms with E-state index in [1.165, 1.54) is 25.2 Å². The largest absolute Gasteiger partial charge is 0.507 e. The number of aromatic nitrogens is 5. The highest BCUT2D eigenvalue weighted by molar-refractivity contribution is 5.71. The third-order valence-electron chi connectivity index (χ3n) is 7.92. The number of fused-ring (bicyclic) bond motifs is 2. The molecule has 2 saturated heterocycles. The van der Waals surface area contributed by atoms with Crippen LogP contribution < -0.4 is 15.9 Å². The molecule has 2 N–H and O–H groups in total. The lowest BCUT2D eigenvalue weighted by Crippen LogP contribution is -2.69. The summed E-state index contributed by atoms with van der Waals surface area (Å²) in [5.41, 5.74) is -0.743. The molecule has 2 aromatic heterocycles. The number of piperidine rings is 2. The third kappa shape index (κ3) is 4.24. The first-order valence-corrected chi connectivity index (χ1v) is 12.7. The zero-order valence-electron chi connectivity index (χ0n) is 20.7. The molecule has 0 amide bonds. The summed E-state index contributed by atoms with van der Waals surface area (Å²) in [6, 6.07) is 4.61. The molecular weight excluding hydrogens is 480 g/mol. The summed E-state index contributed by atoms with van der Waals surface area (Å²) >= 11 is 0. The van der Waals surface area contributed by atoms with Crippen molar-refractivity contribution < 1.29 is 13.9 Å². The number of nitrogens with one attached hydrogen (secondary N) is 1. The SMILES string of the molecule is Cn1cc(F)c(-c2ccc(-c3ncc(N(C4CC4)[C@@H]4C[C@@H]5CCC[C@](C)(N5)[C@@H]4F)nn3)c(O)c2)nc1=O. The number of hydrogen-bond donors (Lipinski definition) is 2. The summed E-state index contributed by atoms with van der Waals surface area (Å²) in [4.78, 5) is 22.1. The summed E-state index contributed by atoms with van der Waals surface area (Å²) in [5.74, 6) is -0.161. The lowest BCUT2D eigenvalue weighted by Gasteiger charge is -2.52. The minimum absolute atomic E-state index is 0.152. The molecule has 1 aromatic carbocycles. The van der Waals surface area contributed by atoms with Crippen LogP contribution in [0.15, 0.2) is 35.4 Å². The highest BCUT2D eigenvalue weighted by Crippen LogP contribution is 2.43. The molecule has 194 valence electrons. The molecule has 4 atom stereocenters. The lowest BCUT2D eigenvalue weighted by atomic mass is 9.73. The monoisotopic (exact) mass is 509 g/mol. The van der Waals surface area contributed by atoms with Gasteiger partial charge in [-0.2, -0.15) is 4.98 Å². The van der Waals surface area contributed by atoms with E-state index in [0.717, 1.165) is 42.9 Å². The van der Waals surface area contributed by atoms with Gasteiger partial charge in [-0.25, -0.2) is 18.6 Å². The van der Waals surface area contributed by atoms with Crippen LogP contribution in [0.1, 0.15) is 45.4 Å². The minimum atomic E-state index is -1.04. The van der Waals surface area contributed by atoms with E-state index >= 15 is 4.39 Å². The fourth-order valence-electron chi connectivity index (χ4n) is 5.89. The van der Waals surface area contributed by atoms with E-state index in [-0.39, 0.29) is 41.0 Å². The van der Waals surface area contributed by atoms with Gasteiger partial charge in [-0.1, -0.05) is 6.07 Å². The van der Waals surface area contributed by atoms with E-state index in [2.05, 4.69) is 30.4 Å². The summed E-state index contributed by atoms with van der Waals surface area (Å²) in [5, 5.41) is 22.8. The van der Waals surface area contributed by atoms with Gasteiger partial charge < -0.3 is 15.3 Å². The van der Waals surface area contributed by atoms with Crippen molar-refractivity contribution in [1.82, 2.24) is 30.0 Å². The topological polar surface area (TPSA) is 109 Å². The Morgan fingerprint density at radius 1 is 1.24 bits per heavy atom. The minimum Gasteiger partial charge on any atom is -0.507 e. The van der Waals surface area contributed by atoms with Gasteiger partial charge in [0.05, 0.1) is 17.8 Å². The van der Waals surface area contributed by atoms with E-state index < -0.39 is 23.2 Å². The predicted molar refractivity (Wildman–Crippen MR) is 133 cm³/mol. The first-order valence-electron chi connectivity index (χ1n) is 12.7. The van der Waals surface area contributed by atoms with Gasteiger partial charge in [-0.15, -0.1) is 10.2 Å². The maximum absolute atomic E-state index is 15.8. The van der Waals surface area contributed by atoms with E-state index in [9.17, 15) is 14.3 Å². The highest BCUT2D eigenvalue weighted by atomic mass is 19.1. The summed E-state index contributed by atoms with van der Waals surface area (Å²) in [7, 11) is 1.41. The molecule has 11 heteroatoms. The molecule has 3 fully saturated rings. The van der Waals surface area contributed by atoms with Gasteiger partial charge >= 0.3 is 5.69 Å². The molecule has 2 bridgehead atoms. The second-order valence-corrected chi connectivity index (χ2v) is 10.7. The van der Waals surface area contributed by atoms with Crippen LogP contribution in [-0.2, 0) is 7.05 Å². The maximum Gasteiger partial charge on any atom is 0.348 e. The summed E-state index contributed by atoms with van der Waals surface area (Å²) < 4.78 is 31.2. The van der Waals surface area contributed by atoms with E-state index in [1.54, 1.807) is 6.20 Å². The fourth-order valence-corrected chi connectivity index (χ4v) is 5.89. The second kappa shape index (κ2) is 8.83. The Kier molecular flexibility index (Phi) is 5.70. The second-order valence-electron chi connectivity index (χ2n) is 10.7. The van der Waals surface area contributed by atoms with Crippen LogP contribution in [0, 0.1) is 5.82 Å². The number of phenols is 1. The molecule has 0 radical (unpaired) electrons. The number of halogens is 2. The van der Waals surface area contributed by atoms with Crippen molar-refractivity contribution in [3.05, 3.63) is 46.9 Å². The van der Waals surface area contributed by atoms with Gasteiger partial charge in [-0.05, 0) is 57.6 Å². The molecule has 1 saturated carbocycles. The first-order chi connectivity index (χ1) is 17.7. The Morgan fingerprint density at radius 3 is 2.76 bits per heavy atom. The maximum atomic E-state index is 15.8.